The van der Waals surface area contributed by atoms with Gasteiger partial charge in [0.25, 0.3) is 5.91 Å². The van der Waals surface area contributed by atoms with E-state index in [0.29, 0.717) is 28.0 Å². The molecule has 3 rings (SSSR count). The van der Waals surface area contributed by atoms with Gasteiger partial charge in [0.1, 0.15) is 0 Å². The molecule has 3 aromatic rings. The van der Waals surface area contributed by atoms with Crippen molar-refractivity contribution in [3.8, 4) is 6.07 Å². The smallest absolute Gasteiger partial charge is 0.260 e. The number of amides is 1. The third kappa shape index (κ3) is 4.43. The highest BCUT2D eigenvalue weighted by atomic mass is 35.5. The minimum absolute atomic E-state index is 0.277. The molecule has 0 aliphatic heterocycles. The summed E-state index contributed by atoms with van der Waals surface area (Å²) in [6.07, 6.45) is 3.18. The van der Waals surface area contributed by atoms with Crippen LogP contribution in [0.5, 0.6) is 0 Å². The van der Waals surface area contributed by atoms with E-state index in [-0.39, 0.29) is 5.91 Å². The molecule has 26 heavy (non-hydrogen) atoms. The summed E-state index contributed by atoms with van der Waals surface area (Å²) in [6.45, 7) is 2.34. The van der Waals surface area contributed by atoms with E-state index < -0.39 is 0 Å². The Bertz CT molecular complexity index is 976. The molecule has 0 atom stereocenters. The fraction of sp³-hybridized carbons (Fsp3) is 0.176. The lowest BCUT2D eigenvalue weighted by atomic mass is 10.2. The van der Waals surface area contributed by atoms with Gasteiger partial charge in [-0.2, -0.15) is 10.4 Å². The van der Waals surface area contributed by atoms with Crippen molar-refractivity contribution in [1.29, 1.82) is 5.26 Å². The quantitative estimate of drug-likeness (QED) is 0.623. The number of carbonyl (C=O) groups is 1. The molecule has 0 spiro atoms. The Morgan fingerprint density at radius 3 is 3.04 bits per heavy atom. The van der Waals surface area contributed by atoms with E-state index in [1.807, 2.05) is 31.2 Å². The largest absolute Gasteiger partial charge is 0.298 e. The summed E-state index contributed by atoms with van der Waals surface area (Å²) in [5, 5.41) is 16.8. The monoisotopic (exact) mass is 403 g/mol. The Labute approximate surface area is 163 Å². The average molecular weight is 404 g/mol. The summed E-state index contributed by atoms with van der Waals surface area (Å²) in [7, 11) is 0. The molecule has 0 fully saturated rings. The van der Waals surface area contributed by atoms with Gasteiger partial charge in [-0.3, -0.25) is 14.8 Å². The Balaban J connectivity index is 1.67. The summed E-state index contributed by atoms with van der Waals surface area (Å²) in [6, 6.07) is 9.60. The number of hydrogen-bond acceptors (Lipinski definition) is 6. The van der Waals surface area contributed by atoms with Gasteiger partial charge in [-0.1, -0.05) is 52.9 Å². The lowest BCUT2D eigenvalue weighted by Gasteiger charge is -2.03. The highest BCUT2D eigenvalue weighted by Crippen LogP contribution is 2.31. The second kappa shape index (κ2) is 8.36. The number of halogens is 1. The third-order valence-electron chi connectivity index (χ3n) is 3.43. The van der Waals surface area contributed by atoms with Crippen LogP contribution in [0.15, 0.2) is 40.9 Å². The number of anilines is 1. The molecule has 1 N–H and O–H groups in total. The number of rotatable bonds is 6. The fourth-order valence-electron chi connectivity index (χ4n) is 2.21. The minimum Gasteiger partial charge on any atom is -0.298 e. The van der Waals surface area contributed by atoms with Crippen LogP contribution in [0.2, 0.25) is 5.02 Å². The first-order valence-electron chi connectivity index (χ1n) is 7.61. The molecule has 0 radical (unpaired) electrons. The van der Waals surface area contributed by atoms with E-state index >= 15 is 0 Å². The van der Waals surface area contributed by atoms with Crippen molar-refractivity contribution >= 4 is 45.7 Å². The Hall–Kier alpha value is -2.34. The van der Waals surface area contributed by atoms with Crippen LogP contribution < -0.4 is 5.32 Å². The van der Waals surface area contributed by atoms with Crippen molar-refractivity contribution in [2.45, 2.75) is 17.7 Å². The van der Waals surface area contributed by atoms with Crippen molar-refractivity contribution in [3.05, 3.63) is 58.5 Å². The average Bonchev–Trinajstić information content (AvgIpc) is 3.22. The third-order valence-corrected chi connectivity index (χ3v) is 6.10. The van der Waals surface area contributed by atoms with Crippen LogP contribution in [0, 0.1) is 18.3 Å². The number of hydrogen-bond donors (Lipinski definition) is 1. The van der Waals surface area contributed by atoms with Crippen molar-refractivity contribution in [2.24, 2.45) is 0 Å². The molecule has 0 saturated heterocycles. The number of aryl methyl sites for hydroxylation is 1. The number of nitrogens with one attached hydrogen (secondary N) is 1. The van der Waals surface area contributed by atoms with Crippen molar-refractivity contribution in [2.75, 3.05) is 11.1 Å². The molecule has 0 saturated carbocycles. The Morgan fingerprint density at radius 2 is 2.27 bits per heavy atom. The second-order valence-corrected chi connectivity index (χ2v) is 7.96. The van der Waals surface area contributed by atoms with Crippen LogP contribution in [-0.4, -0.2) is 26.4 Å². The highest BCUT2D eigenvalue weighted by Gasteiger charge is 2.14. The van der Waals surface area contributed by atoms with Crippen LogP contribution in [0.3, 0.4) is 0 Å². The molecule has 0 unspecified atom stereocenters. The lowest BCUT2D eigenvalue weighted by molar-refractivity contribution is 0.102. The van der Waals surface area contributed by atoms with Crippen LogP contribution in [0.1, 0.15) is 21.6 Å². The standard InChI is InChI=1S/C17H14ClN5OS2/c1-11-16(25-7-6-19)26-17(21-11)22-15(24)13-8-20-23(10-13)9-12-4-2-3-5-14(12)18/h2-5,8,10H,7,9H2,1H3,(H,21,22,24). The van der Waals surface area contributed by atoms with Gasteiger partial charge >= 0.3 is 0 Å². The van der Waals surface area contributed by atoms with E-state index in [1.54, 1.807) is 10.9 Å². The predicted octanol–water partition coefficient (Wildman–Crippen LogP) is 4.22. The molecule has 0 aliphatic rings. The predicted molar refractivity (Wildman–Crippen MR) is 104 cm³/mol. The number of nitrogens with zero attached hydrogens (tertiary/aromatic N) is 4. The first-order chi connectivity index (χ1) is 12.6. The number of nitriles is 1. The molecular formula is C17H14ClN5OS2. The molecular weight excluding hydrogens is 390 g/mol. The van der Waals surface area contributed by atoms with E-state index in [4.69, 9.17) is 16.9 Å². The van der Waals surface area contributed by atoms with Gasteiger partial charge in [0.05, 0.1) is 40.0 Å². The van der Waals surface area contributed by atoms with Crippen LogP contribution in [-0.2, 0) is 6.54 Å². The first kappa shape index (κ1) is 18.5. The summed E-state index contributed by atoms with van der Waals surface area (Å²) in [5.74, 6) is 0.0756. The zero-order chi connectivity index (χ0) is 18.5. The molecule has 2 heterocycles. The summed E-state index contributed by atoms with van der Waals surface area (Å²) in [4.78, 5) is 16.7. The first-order valence-corrected chi connectivity index (χ1v) is 9.79. The van der Waals surface area contributed by atoms with Crippen LogP contribution >= 0.6 is 34.7 Å². The number of aromatic nitrogens is 3. The maximum atomic E-state index is 12.4. The van der Waals surface area contributed by atoms with Crippen LogP contribution in [0.25, 0.3) is 0 Å². The maximum absolute atomic E-state index is 12.4. The van der Waals surface area contributed by atoms with E-state index in [2.05, 4.69) is 21.5 Å². The number of carbonyl (C=O) groups excluding carboxylic acids is 1. The van der Waals surface area contributed by atoms with Gasteiger partial charge < -0.3 is 0 Å². The summed E-state index contributed by atoms with van der Waals surface area (Å²) >= 11 is 8.92. The van der Waals surface area contributed by atoms with E-state index in [0.717, 1.165) is 15.5 Å². The minimum atomic E-state index is -0.277. The molecule has 0 aliphatic carbocycles. The SMILES string of the molecule is Cc1nc(NC(=O)c2cnn(Cc3ccccc3Cl)c2)sc1SCC#N. The number of thioether (sulfide) groups is 1. The van der Waals surface area contributed by atoms with Gasteiger partial charge in [0, 0.05) is 11.2 Å². The lowest BCUT2D eigenvalue weighted by Crippen LogP contribution is -2.11. The number of thiazole rings is 1. The second-order valence-electron chi connectivity index (χ2n) is 5.31. The topological polar surface area (TPSA) is 83.6 Å². The Kier molecular flexibility index (Phi) is 5.93. The molecule has 6 nitrogen and oxygen atoms in total. The van der Waals surface area contributed by atoms with E-state index in [9.17, 15) is 4.79 Å². The fourth-order valence-corrected chi connectivity index (χ4v) is 4.20. The maximum Gasteiger partial charge on any atom is 0.260 e. The molecule has 1 amide bonds. The highest BCUT2D eigenvalue weighted by molar-refractivity contribution is 8.01. The van der Waals surface area contributed by atoms with Gasteiger partial charge in [0.15, 0.2) is 5.13 Å². The van der Waals surface area contributed by atoms with Crippen molar-refractivity contribution in [1.82, 2.24) is 14.8 Å². The van der Waals surface area contributed by atoms with Gasteiger partial charge in [-0.25, -0.2) is 4.98 Å². The molecule has 9 heteroatoms. The molecule has 1 aromatic carbocycles. The normalized spacial score (nSPS) is 10.5. The Morgan fingerprint density at radius 1 is 1.46 bits per heavy atom. The summed E-state index contributed by atoms with van der Waals surface area (Å²) < 4.78 is 2.59. The zero-order valence-electron chi connectivity index (χ0n) is 13.8. The van der Waals surface area contributed by atoms with Gasteiger partial charge in [-0.15, -0.1) is 0 Å². The zero-order valence-corrected chi connectivity index (χ0v) is 16.2. The van der Waals surface area contributed by atoms with Crippen LogP contribution in [0.4, 0.5) is 5.13 Å². The van der Waals surface area contributed by atoms with Gasteiger partial charge in [-0.05, 0) is 18.6 Å². The molecule has 0 bridgehead atoms. The van der Waals surface area contributed by atoms with Crippen molar-refractivity contribution in [3.63, 3.8) is 0 Å². The van der Waals surface area contributed by atoms with E-state index in [1.165, 1.54) is 29.3 Å². The summed E-state index contributed by atoms with van der Waals surface area (Å²) in [5.41, 5.74) is 2.18. The molecule has 132 valence electrons. The van der Waals surface area contributed by atoms with Gasteiger partial charge in [0.2, 0.25) is 0 Å². The van der Waals surface area contributed by atoms with Crippen molar-refractivity contribution < 1.29 is 4.79 Å². The number of benzene rings is 1. The molecule has 2 aromatic heterocycles.